The molecule has 0 aliphatic carbocycles. The zero-order valence-corrected chi connectivity index (χ0v) is 15.4. The molecule has 3 heterocycles. The standard InChI is InChI=1S/C22H21N3O3/c26-18-7-3-6-16(12-18)21-13-19(23-28-21)22(27)24-9-4-10-25-17(14-24)11-15-5-1-2-8-20(15)25/h1-3,5-8,12-13,17,26H,4,9-11,14H2. The van der Waals surface area contributed by atoms with Crippen LogP contribution in [0.25, 0.3) is 11.3 Å². The fourth-order valence-electron chi connectivity index (χ4n) is 4.29. The van der Waals surface area contributed by atoms with Crippen LogP contribution >= 0.6 is 0 Å². The van der Waals surface area contributed by atoms with Crippen LogP contribution in [0.15, 0.2) is 59.1 Å². The number of hydrogen-bond donors (Lipinski definition) is 1. The van der Waals surface area contributed by atoms with Gasteiger partial charge in [-0.1, -0.05) is 35.5 Å². The maximum Gasteiger partial charge on any atom is 0.276 e. The van der Waals surface area contributed by atoms with Gasteiger partial charge in [-0.3, -0.25) is 4.79 Å². The van der Waals surface area contributed by atoms with Gasteiger partial charge in [0.15, 0.2) is 11.5 Å². The molecular weight excluding hydrogens is 354 g/mol. The van der Waals surface area contributed by atoms with Gasteiger partial charge in [-0.25, -0.2) is 0 Å². The number of aromatic hydroxyl groups is 1. The van der Waals surface area contributed by atoms with Crippen LogP contribution < -0.4 is 4.90 Å². The topological polar surface area (TPSA) is 69.8 Å². The third-order valence-corrected chi connectivity index (χ3v) is 5.60. The number of hydrogen-bond acceptors (Lipinski definition) is 5. The van der Waals surface area contributed by atoms with E-state index in [1.165, 1.54) is 11.3 Å². The Morgan fingerprint density at radius 3 is 2.89 bits per heavy atom. The summed E-state index contributed by atoms with van der Waals surface area (Å²) in [5.74, 6) is 0.520. The summed E-state index contributed by atoms with van der Waals surface area (Å²) in [6, 6.07) is 17.2. The molecule has 28 heavy (non-hydrogen) atoms. The maximum atomic E-state index is 13.1. The molecule has 6 heteroatoms. The largest absolute Gasteiger partial charge is 0.508 e. The highest BCUT2D eigenvalue weighted by atomic mass is 16.5. The monoisotopic (exact) mass is 375 g/mol. The van der Waals surface area contributed by atoms with E-state index in [9.17, 15) is 9.90 Å². The van der Waals surface area contributed by atoms with Gasteiger partial charge in [0.05, 0.1) is 6.04 Å². The van der Waals surface area contributed by atoms with Gasteiger partial charge in [0.2, 0.25) is 0 Å². The van der Waals surface area contributed by atoms with Crippen molar-refractivity contribution in [3.63, 3.8) is 0 Å². The Hall–Kier alpha value is -3.28. The number of benzene rings is 2. The first-order chi connectivity index (χ1) is 13.7. The van der Waals surface area contributed by atoms with E-state index < -0.39 is 0 Å². The molecule has 0 bridgehead atoms. The van der Waals surface area contributed by atoms with Crippen LogP contribution in [-0.2, 0) is 6.42 Å². The molecule has 1 unspecified atom stereocenters. The second-order valence-electron chi connectivity index (χ2n) is 7.41. The number of nitrogens with zero attached hydrogens (tertiary/aromatic N) is 3. The highest BCUT2D eigenvalue weighted by Crippen LogP contribution is 2.34. The first-order valence-electron chi connectivity index (χ1n) is 9.59. The second-order valence-corrected chi connectivity index (χ2v) is 7.41. The van der Waals surface area contributed by atoms with Gasteiger partial charge in [0, 0.05) is 37.0 Å². The van der Waals surface area contributed by atoms with E-state index in [1.807, 2.05) is 11.0 Å². The van der Waals surface area contributed by atoms with Crippen molar-refractivity contribution in [2.75, 3.05) is 24.5 Å². The Morgan fingerprint density at radius 2 is 2.00 bits per heavy atom. The molecule has 2 aliphatic heterocycles. The number of phenols is 1. The third kappa shape index (κ3) is 2.91. The average molecular weight is 375 g/mol. The summed E-state index contributed by atoms with van der Waals surface area (Å²) in [5, 5.41) is 13.6. The predicted octanol–water partition coefficient (Wildman–Crippen LogP) is 3.32. The molecule has 2 aromatic carbocycles. The van der Waals surface area contributed by atoms with E-state index in [0.717, 1.165) is 19.4 Å². The van der Waals surface area contributed by atoms with Gasteiger partial charge in [-0.15, -0.1) is 0 Å². The third-order valence-electron chi connectivity index (χ3n) is 5.60. The Balaban J connectivity index is 1.35. The minimum absolute atomic E-state index is 0.104. The van der Waals surface area contributed by atoms with Crippen molar-refractivity contribution < 1.29 is 14.4 Å². The number of anilines is 1. The van der Waals surface area contributed by atoms with Gasteiger partial charge in [-0.05, 0) is 36.6 Å². The van der Waals surface area contributed by atoms with Crippen molar-refractivity contribution in [2.24, 2.45) is 0 Å². The normalized spacial score (nSPS) is 18.5. The van der Waals surface area contributed by atoms with Crippen molar-refractivity contribution in [2.45, 2.75) is 18.9 Å². The van der Waals surface area contributed by atoms with E-state index in [-0.39, 0.29) is 11.7 Å². The average Bonchev–Trinajstić information content (AvgIpc) is 3.27. The van der Waals surface area contributed by atoms with Crippen LogP contribution in [-0.4, -0.2) is 46.7 Å². The molecule has 2 aliphatic rings. The van der Waals surface area contributed by atoms with E-state index in [4.69, 9.17) is 4.52 Å². The zero-order valence-electron chi connectivity index (χ0n) is 15.4. The first-order valence-corrected chi connectivity index (χ1v) is 9.59. The van der Waals surface area contributed by atoms with Gasteiger partial charge in [0.25, 0.3) is 5.91 Å². The quantitative estimate of drug-likeness (QED) is 0.744. The molecule has 1 saturated heterocycles. The predicted molar refractivity (Wildman–Crippen MR) is 105 cm³/mol. The molecule has 1 amide bonds. The summed E-state index contributed by atoms with van der Waals surface area (Å²) in [6.45, 7) is 2.35. The van der Waals surface area contributed by atoms with Crippen LogP contribution in [0.2, 0.25) is 0 Å². The van der Waals surface area contributed by atoms with Crippen LogP contribution in [0, 0.1) is 0 Å². The Bertz CT molecular complexity index is 1030. The molecule has 1 aromatic heterocycles. The summed E-state index contributed by atoms with van der Waals surface area (Å²) in [7, 11) is 0. The van der Waals surface area contributed by atoms with Gasteiger partial charge in [-0.2, -0.15) is 0 Å². The SMILES string of the molecule is O=C(c1cc(-c2cccc(O)c2)on1)N1CCCN2c3ccccc3CC2C1. The minimum atomic E-state index is -0.104. The summed E-state index contributed by atoms with van der Waals surface area (Å²) < 4.78 is 5.37. The van der Waals surface area contributed by atoms with Gasteiger partial charge >= 0.3 is 0 Å². The molecule has 1 fully saturated rings. The number of carbonyl (C=O) groups is 1. The van der Waals surface area contributed by atoms with Crippen LogP contribution in [0.5, 0.6) is 5.75 Å². The summed E-state index contributed by atoms with van der Waals surface area (Å²) in [4.78, 5) is 17.4. The number of amides is 1. The van der Waals surface area contributed by atoms with Gasteiger partial charge in [0.1, 0.15) is 5.75 Å². The number of carbonyl (C=O) groups excluding carboxylic acids is 1. The molecule has 0 saturated carbocycles. The molecule has 1 atom stereocenters. The Morgan fingerprint density at radius 1 is 1.11 bits per heavy atom. The minimum Gasteiger partial charge on any atom is -0.508 e. The smallest absolute Gasteiger partial charge is 0.276 e. The Labute approximate surface area is 163 Å². The lowest BCUT2D eigenvalue weighted by molar-refractivity contribution is 0.0745. The molecule has 6 nitrogen and oxygen atoms in total. The number of phenolic OH excluding ortho intramolecular Hbond substituents is 1. The van der Waals surface area contributed by atoms with E-state index in [1.54, 1.807) is 24.3 Å². The van der Waals surface area contributed by atoms with Crippen molar-refractivity contribution in [3.05, 3.63) is 65.9 Å². The number of rotatable bonds is 2. The Kier molecular flexibility index (Phi) is 4.04. The number of fused-ring (bicyclic) bond motifs is 3. The fraction of sp³-hybridized carbons (Fsp3) is 0.273. The molecule has 0 radical (unpaired) electrons. The fourth-order valence-corrected chi connectivity index (χ4v) is 4.29. The van der Waals surface area contributed by atoms with E-state index in [2.05, 4.69) is 34.3 Å². The lowest BCUT2D eigenvalue weighted by Gasteiger charge is -2.27. The molecule has 0 spiro atoms. The highest BCUT2D eigenvalue weighted by molar-refractivity contribution is 5.93. The van der Waals surface area contributed by atoms with Crippen LogP contribution in [0.1, 0.15) is 22.5 Å². The lowest BCUT2D eigenvalue weighted by atomic mass is 10.1. The summed E-state index contributed by atoms with van der Waals surface area (Å²) >= 11 is 0. The molecular formula is C22H21N3O3. The molecule has 5 rings (SSSR count). The van der Waals surface area contributed by atoms with Crippen molar-refractivity contribution in [3.8, 4) is 17.1 Å². The van der Waals surface area contributed by atoms with Crippen molar-refractivity contribution in [1.29, 1.82) is 0 Å². The van der Waals surface area contributed by atoms with Crippen molar-refractivity contribution >= 4 is 11.6 Å². The number of aromatic nitrogens is 1. The summed E-state index contributed by atoms with van der Waals surface area (Å²) in [6.07, 6.45) is 1.89. The highest BCUT2D eigenvalue weighted by Gasteiger charge is 2.34. The summed E-state index contributed by atoms with van der Waals surface area (Å²) in [5.41, 5.74) is 3.66. The molecule has 3 aromatic rings. The van der Waals surface area contributed by atoms with Crippen LogP contribution in [0.4, 0.5) is 5.69 Å². The van der Waals surface area contributed by atoms with Crippen LogP contribution in [0.3, 0.4) is 0 Å². The number of para-hydroxylation sites is 1. The van der Waals surface area contributed by atoms with Crippen molar-refractivity contribution in [1.82, 2.24) is 10.1 Å². The molecule has 142 valence electrons. The zero-order chi connectivity index (χ0) is 19.1. The van der Waals surface area contributed by atoms with Gasteiger partial charge < -0.3 is 19.4 Å². The maximum absolute atomic E-state index is 13.1. The first kappa shape index (κ1) is 16.9. The van der Waals surface area contributed by atoms with E-state index >= 15 is 0 Å². The lowest BCUT2D eigenvalue weighted by Crippen LogP contribution is -2.41. The second kappa shape index (κ2) is 6.71. The molecule has 1 N–H and O–H groups in total. The van der Waals surface area contributed by atoms with E-state index in [0.29, 0.717) is 36.1 Å².